The second-order valence-corrected chi connectivity index (χ2v) is 6.74. The molecule has 1 aromatic heterocycles. The Hall–Kier alpha value is -1.90. The van der Waals surface area contributed by atoms with Gasteiger partial charge in [-0.05, 0) is 18.6 Å². The fraction of sp³-hybridized carbons (Fsp3) is 0.385. The molecule has 1 N–H and O–H groups in total. The summed E-state index contributed by atoms with van der Waals surface area (Å²) in [6, 6.07) is 4.42. The molecule has 0 saturated heterocycles. The van der Waals surface area contributed by atoms with Gasteiger partial charge in [0.1, 0.15) is 0 Å². The first-order chi connectivity index (χ1) is 10.2. The molecule has 0 fully saturated rings. The van der Waals surface area contributed by atoms with E-state index in [1.807, 2.05) is 6.92 Å². The number of alkyl halides is 3. The van der Waals surface area contributed by atoms with Crippen LogP contribution in [0.5, 0.6) is 0 Å². The summed E-state index contributed by atoms with van der Waals surface area (Å²) in [5.41, 5.74) is -0.742. The lowest BCUT2D eigenvalue weighted by molar-refractivity contribution is -0.137. The van der Waals surface area contributed by atoms with Gasteiger partial charge in [-0.15, -0.1) is 0 Å². The Morgan fingerprint density at radius 2 is 2.00 bits per heavy atom. The van der Waals surface area contributed by atoms with E-state index in [1.165, 1.54) is 12.1 Å². The molecule has 22 heavy (non-hydrogen) atoms. The maximum absolute atomic E-state index is 12.7. The third-order valence-corrected chi connectivity index (χ3v) is 4.57. The van der Waals surface area contributed by atoms with E-state index in [4.69, 9.17) is 0 Å². The standard InChI is InChI=1S/C13H14F3N3O2S/c1-2-3-7-22(20,21)12-17-11(18-19-12)9-5-4-6-10(8-9)13(14,15)16/h4-6,8H,2-3,7H2,1H3,(H,17,18,19). The monoisotopic (exact) mass is 333 g/mol. The Morgan fingerprint density at radius 1 is 1.27 bits per heavy atom. The van der Waals surface area contributed by atoms with Gasteiger partial charge >= 0.3 is 6.18 Å². The molecule has 5 nitrogen and oxygen atoms in total. The number of nitrogens with zero attached hydrogens (tertiary/aromatic N) is 2. The largest absolute Gasteiger partial charge is 0.416 e. The summed E-state index contributed by atoms with van der Waals surface area (Å²) < 4.78 is 61.9. The molecule has 0 unspecified atom stereocenters. The molecule has 2 rings (SSSR count). The Bertz CT molecular complexity index is 754. The highest BCUT2D eigenvalue weighted by Crippen LogP contribution is 2.31. The molecule has 0 radical (unpaired) electrons. The second-order valence-electron chi connectivity index (χ2n) is 4.72. The summed E-state index contributed by atoms with van der Waals surface area (Å²) in [7, 11) is -3.60. The Morgan fingerprint density at radius 3 is 2.64 bits per heavy atom. The third kappa shape index (κ3) is 3.65. The zero-order valence-electron chi connectivity index (χ0n) is 11.7. The van der Waals surface area contributed by atoms with Crippen LogP contribution in [-0.2, 0) is 16.0 Å². The molecule has 1 heterocycles. The molecule has 0 aliphatic rings. The van der Waals surface area contributed by atoms with Crippen molar-refractivity contribution in [1.82, 2.24) is 15.2 Å². The van der Waals surface area contributed by atoms with Gasteiger partial charge in [-0.2, -0.15) is 23.3 Å². The number of aromatic amines is 1. The number of hydrogen-bond acceptors (Lipinski definition) is 4. The molecular formula is C13H14F3N3O2S. The topological polar surface area (TPSA) is 75.7 Å². The maximum atomic E-state index is 12.7. The van der Waals surface area contributed by atoms with Gasteiger partial charge in [-0.25, -0.2) is 13.5 Å². The van der Waals surface area contributed by atoms with E-state index >= 15 is 0 Å². The van der Waals surface area contributed by atoms with Crippen LogP contribution in [-0.4, -0.2) is 29.4 Å². The summed E-state index contributed by atoms with van der Waals surface area (Å²) in [4.78, 5) is 3.81. The molecule has 120 valence electrons. The highest BCUT2D eigenvalue weighted by Gasteiger charge is 2.31. The fourth-order valence-electron chi connectivity index (χ4n) is 1.78. The first-order valence-electron chi connectivity index (χ1n) is 6.57. The SMILES string of the molecule is CCCCS(=O)(=O)c1nc(-c2cccc(C(F)(F)F)c2)n[nH]1. The van der Waals surface area contributed by atoms with Gasteiger partial charge in [-0.3, -0.25) is 0 Å². The average Bonchev–Trinajstić information content (AvgIpc) is 2.95. The van der Waals surface area contributed by atoms with Gasteiger partial charge in [-0.1, -0.05) is 25.5 Å². The van der Waals surface area contributed by atoms with Gasteiger partial charge in [0.15, 0.2) is 5.82 Å². The highest BCUT2D eigenvalue weighted by molar-refractivity contribution is 7.91. The molecular weight excluding hydrogens is 319 g/mol. The first kappa shape index (κ1) is 16.5. The van der Waals surface area contributed by atoms with Gasteiger partial charge in [0.05, 0.1) is 11.3 Å². The van der Waals surface area contributed by atoms with Crippen LogP contribution >= 0.6 is 0 Å². The summed E-state index contributed by atoms with van der Waals surface area (Å²) in [5, 5.41) is 5.66. The molecule has 0 aliphatic carbocycles. The Balaban J connectivity index is 2.33. The molecule has 0 atom stereocenters. The molecule has 1 aromatic carbocycles. The number of rotatable bonds is 5. The minimum Gasteiger partial charge on any atom is -0.249 e. The number of H-pyrrole nitrogens is 1. The number of benzene rings is 1. The summed E-state index contributed by atoms with van der Waals surface area (Å²) in [6.45, 7) is 1.85. The Kier molecular flexibility index (Phi) is 4.55. The van der Waals surface area contributed by atoms with Gasteiger partial charge < -0.3 is 0 Å². The summed E-state index contributed by atoms with van der Waals surface area (Å²) in [6.07, 6.45) is -3.31. The van der Waals surface area contributed by atoms with Gasteiger partial charge in [0.2, 0.25) is 15.0 Å². The van der Waals surface area contributed by atoms with Crippen molar-refractivity contribution in [2.75, 3.05) is 5.75 Å². The van der Waals surface area contributed by atoms with Crippen LogP contribution in [0.4, 0.5) is 13.2 Å². The van der Waals surface area contributed by atoms with Crippen LogP contribution in [0.15, 0.2) is 29.4 Å². The van der Waals surface area contributed by atoms with Crippen molar-refractivity contribution < 1.29 is 21.6 Å². The molecule has 9 heteroatoms. The number of nitrogens with one attached hydrogen (secondary N) is 1. The molecule has 0 bridgehead atoms. The first-order valence-corrected chi connectivity index (χ1v) is 8.22. The number of aromatic nitrogens is 3. The van der Waals surface area contributed by atoms with E-state index in [-0.39, 0.29) is 22.3 Å². The fourth-order valence-corrected chi connectivity index (χ4v) is 3.05. The Labute approximate surface area is 125 Å². The normalized spacial score (nSPS) is 12.5. The molecule has 0 saturated carbocycles. The minimum atomic E-state index is -4.48. The van der Waals surface area contributed by atoms with Crippen molar-refractivity contribution in [3.63, 3.8) is 0 Å². The van der Waals surface area contributed by atoms with Crippen molar-refractivity contribution in [1.29, 1.82) is 0 Å². The van der Waals surface area contributed by atoms with Crippen LogP contribution in [0.1, 0.15) is 25.3 Å². The average molecular weight is 333 g/mol. The van der Waals surface area contributed by atoms with Crippen LogP contribution in [0, 0.1) is 0 Å². The van der Waals surface area contributed by atoms with E-state index in [9.17, 15) is 21.6 Å². The second kappa shape index (κ2) is 6.07. The van der Waals surface area contributed by atoms with Gasteiger partial charge in [0, 0.05) is 5.56 Å². The van der Waals surface area contributed by atoms with Crippen LogP contribution in [0.2, 0.25) is 0 Å². The van der Waals surface area contributed by atoms with E-state index < -0.39 is 21.6 Å². The predicted molar refractivity (Wildman–Crippen MR) is 73.8 cm³/mol. The van der Waals surface area contributed by atoms with E-state index in [2.05, 4.69) is 15.2 Å². The minimum absolute atomic E-state index is 0.0822. The molecule has 0 aliphatic heterocycles. The quantitative estimate of drug-likeness (QED) is 0.912. The summed E-state index contributed by atoms with van der Waals surface area (Å²) in [5.74, 6) is -0.165. The van der Waals surface area contributed by atoms with Crippen molar-refractivity contribution in [2.24, 2.45) is 0 Å². The zero-order chi connectivity index (χ0) is 16.4. The smallest absolute Gasteiger partial charge is 0.249 e. The summed E-state index contributed by atoms with van der Waals surface area (Å²) >= 11 is 0. The van der Waals surface area contributed by atoms with E-state index in [0.29, 0.717) is 12.8 Å². The van der Waals surface area contributed by atoms with Crippen LogP contribution in [0.3, 0.4) is 0 Å². The maximum Gasteiger partial charge on any atom is 0.416 e. The van der Waals surface area contributed by atoms with Crippen molar-refractivity contribution >= 4 is 9.84 Å². The molecule has 0 spiro atoms. The number of halogens is 3. The van der Waals surface area contributed by atoms with E-state index in [0.717, 1.165) is 12.1 Å². The molecule has 0 amide bonds. The van der Waals surface area contributed by atoms with Crippen LogP contribution in [0.25, 0.3) is 11.4 Å². The molecule has 2 aromatic rings. The number of hydrogen-bond donors (Lipinski definition) is 1. The number of sulfone groups is 1. The zero-order valence-corrected chi connectivity index (χ0v) is 12.5. The van der Waals surface area contributed by atoms with Crippen molar-refractivity contribution in [2.45, 2.75) is 31.1 Å². The van der Waals surface area contributed by atoms with Crippen LogP contribution < -0.4 is 0 Å². The lowest BCUT2D eigenvalue weighted by Gasteiger charge is -2.06. The van der Waals surface area contributed by atoms with Gasteiger partial charge in [0.25, 0.3) is 0 Å². The van der Waals surface area contributed by atoms with Crippen molar-refractivity contribution in [3.8, 4) is 11.4 Å². The highest BCUT2D eigenvalue weighted by atomic mass is 32.2. The predicted octanol–water partition coefficient (Wildman–Crippen LogP) is 3.06. The van der Waals surface area contributed by atoms with Crippen molar-refractivity contribution in [3.05, 3.63) is 29.8 Å². The van der Waals surface area contributed by atoms with E-state index in [1.54, 1.807) is 0 Å². The third-order valence-electron chi connectivity index (χ3n) is 2.97. The number of unbranched alkanes of at least 4 members (excludes halogenated alkanes) is 1. The lowest BCUT2D eigenvalue weighted by atomic mass is 10.1. The lowest BCUT2D eigenvalue weighted by Crippen LogP contribution is -2.08.